The second-order valence-electron chi connectivity index (χ2n) is 5.87. The zero-order valence-corrected chi connectivity index (χ0v) is 14.7. The van der Waals surface area contributed by atoms with E-state index in [0.717, 1.165) is 5.56 Å². The monoisotopic (exact) mass is 383 g/mol. The van der Waals surface area contributed by atoms with Crippen molar-refractivity contribution >= 4 is 17.5 Å². The van der Waals surface area contributed by atoms with E-state index in [1.54, 1.807) is 42.5 Å². The molecule has 1 aromatic heterocycles. The fraction of sp³-hybridized carbons (Fsp3) is 0.105. The molecule has 136 valence electrons. The van der Waals surface area contributed by atoms with Crippen LogP contribution in [0.1, 0.15) is 15.9 Å². The largest absolute Gasteiger partial charge is 0.454 e. The Morgan fingerprint density at radius 3 is 2.70 bits per heavy atom. The van der Waals surface area contributed by atoms with E-state index in [2.05, 4.69) is 15.5 Å². The van der Waals surface area contributed by atoms with E-state index in [-0.39, 0.29) is 18.9 Å². The molecular formula is C19H14ClN3O4. The van der Waals surface area contributed by atoms with Crippen LogP contribution in [0, 0.1) is 0 Å². The summed E-state index contributed by atoms with van der Waals surface area (Å²) in [6.45, 7) is 0.438. The van der Waals surface area contributed by atoms with Gasteiger partial charge in [-0.1, -0.05) is 23.7 Å². The first-order chi connectivity index (χ1) is 13.1. The lowest BCUT2D eigenvalue weighted by molar-refractivity contribution is 0.0949. The maximum absolute atomic E-state index is 12.4. The Hall–Kier alpha value is -3.32. The number of fused-ring (bicyclic) bond motifs is 1. The van der Waals surface area contributed by atoms with Gasteiger partial charge in [0.1, 0.15) is 5.56 Å². The summed E-state index contributed by atoms with van der Waals surface area (Å²) in [4.78, 5) is 24.5. The molecule has 8 heteroatoms. The third-order valence-corrected chi connectivity index (χ3v) is 4.33. The second-order valence-corrected chi connectivity index (χ2v) is 6.31. The molecule has 0 aliphatic carbocycles. The highest BCUT2D eigenvalue weighted by atomic mass is 35.5. The summed E-state index contributed by atoms with van der Waals surface area (Å²) in [5.41, 5.74) is 1.43. The molecule has 2 N–H and O–H groups in total. The van der Waals surface area contributed by atoms with E-state index in [4.69, 9.17) is 21.1 Å². The van der Waals surface area contributed by atoms with Gasteiger partial charge in [-0.05, 0) is 42.0 Å². The second kappa shape index (κ2) is 7.13. The van der Waals surface area contributed by atoms with Gasteiger partial charge in [0, 0.05) is 17.1 Å². The van der Waals surface area contributed by atoms with Crippen LogP contribution in [0.25, 0.3) is 11.3 Å². The van der Waals surface area contributed by atoms with Crippen LogP contribution < -0.4 is 20.3 Å². The number of amides is 1. The van der Waals surface area contributed by atoms with E-state index in [9.17, 15) is 9.59 Å². The first-order valence-electron chi connectivity index (χ1n) is 8.12. The van der Waals surface area contributed by atoms with Gasteiger partial charge in [-0.2, -0.15) is 5.10 Å². The Kier molecular flexibility index (Phi) is 4.52. The van der Waals surface area contributed by atoms with Gasteiger partial charge in [-0.25, -0.2) is 5.10 Å². The third kappa shape index (κ3) is 3.63. The molecule has 1 aliphatic rings. The number of carbonyl (C=O) groups is 1. The fourth-order valence-electron chi connectivity index (χ4n) is 2.66. The zero-order chi connectivity index (χ0) is 18.8. The van der Waals surface area contributed by atoms with Crippen molar-refractivity contribution in [2.24, 2.45) is 0 Å². The van der Waals surface area contributed by atoms with Gasteiger partial charge in [0.25, 0.3) is 11.5 Å². The Morgan fingerprint density at radius 2 is 1.89 bits per heavy atom. The number of H-pyrrole nitrogens is 1. The van der Waals surface area contributed by atoms with Crippen molar-refractivity contribution in [2.75, 3.05) is 6.79 Å². The molecule has 0 bridgehead atoms. The molecule has 0 fully saturated rings. The third-order valence-electron chi connectivity index (χ3n) is 4.08. The number of nitrogens with one attached hydrogen (secondary N) is 2. The number of ether oxygens (including phenoxy) is 2. The van der Waals surface area contributed by atoms with E-state index >= 15 is 0 Å². The number of benzene rings is 2. The lowest BCUT2D eigenvalue weighted by Gasteiger charge is -2.07. The number of rotatable bonds is 4. The van der Waals surface area contributed by atoms with Gasteiger partial charge < -0.3 is 14.8 Å². The summed E-state index contributed by atoms with van der Waals surface area (Å²) < 4.78 is 10.6. The standard InChI is InChI=1S/C19H14ClN3O4/c20-13-4-1-11(2-5-13)9-21-18(24)14-8-15(22-23-19(14)25)12-3-6-16-17(7-12)27-10-26-16/h1-8H,9-10H2,(H,21,24)(H,23,25). The van der Waals surface area contributed by atoms with Crippen LogP contribution in [0.3, 0.4) is 0 Å². The van der Waals surface area contributed by atoms with Crippen molar-refractivity contribution in [3.63, 3.8) is 0 Å². The van der Waals surface area contributed by atoms with Crippen LogP contribution in [-0.4, -0.2) is 22.9 Å². The number of nitrogens with zero attached hydrogens (tertiary/aromatic N) is 1. The predicted octanol–water partition coefficient (Wildman–Crippen LogP) is 2.75. The van der Waals surface area contributed by atoms with Gasteiger partial charge in [-0.15, -0.1) is 0 Å². The Labute approximate surface area is 158 Å². The summed E-state index contributed by atoms with van der Waals surface area (Å²) in [6.07, 6.45) is 0. The minimum absolute atomic E-state index is 0.0216. The lowest BCUT2D eigenvalue weighted by Crippen LogP contribution is -2.29. The average Bonchev–Trinajstić information content (AvgIpc) is 3.15. The molecular weight excluding hydrogens is 370 g/mol. The molecule has 2 aromatic carbocycles. The Morgan fingerprint density at radius 1 is 1.11 bits per heavy atom. The highest BCUT2D eigenvalue weighted by Crippen LogP contribution is 2.35. The number of aromatic nitrogens is 2. The van der Waals surface area contributed by atoms with Gasteiger partial charge in [0.05, 0.1) is 5.69 Å². The van der Waals surface area contributed by atoms with Crippen LogP contribution in [0.2, 0.25) is 5.02 Å². The maximum atomic E-state index is 12.4. The smallest absolute Gasteiger partial charge is 0.277 e. The van der Waals surface area contributed by atoms with Gasteiger partial charge >= 0.3 is 0 Å². The predicted molar refractivity (Wildman–Crippen MR) is 99.0 cm³/mol. The van der Waals surface area contributed by atoms with Crippen molar-refractivity contribution < 1.29 is 14.3 Å². The zero-order valence-electron chi connectivity index (χ0n) is 14.0. The van der Waals surface area contributed by atoms with Gasteiger partial charge in [0.2, 0.25) is 6.79 Å². The summed E-state index contributed by atoms with van der Waals surface area (Å²) in [6, 6.07) is 13.8. The lowest BCUT2D eigenvalue weighted by atomic mass is 10.1. The Bertz CT molecular complexity index is 1060. The highest BCUT2D eigenvalue weighted by Gasteiger charge is 2.17. The topological polar surface area (TPSA) is 93.3 Å². The molecule has 0 radical (unpaired) electrons. The van der Waals surface area contributed by atoms with E-state index in [1.807, 2.05) is 0 Å². The summed E-state index contributed by atoms with van der Waals surface area (Å²) in [5, 5.41) is 9.72. The first kappa shape index (κ1) is 17.1. The molecule has 1 aliphatic heterocycles. The summed E-state index contributed by atoms with van der Waals surface area (Å²) in [7, 11) is 0. The fourth-order valence-corrected chi connectivity index (χ4v) is 2.78. The molecule has 4 rings (SSSR count). The maximum Gasteiger partial charge on any atom is 0.277 e. The van der Waals surface area contributed by atoms with Crippen LogP contribution in [0.4, 0.5) is 0 Å². The van der Waals surface area contributed by atoms with Crippen LogP contribution in [0.5, 0.6) is 11.5 Å². The quantitative estimate of drug-likeness (QED) is 0.722. The van der Waals surface area contributed by atoms with Crippen molar-refractivity contribution in [2.45, 2.75) is 6.54 Å². The summed E-state index contributed by atoms with van der Waals surface area (Å²) in [5.74, 6) is 0.744. The molecule has 7 nitrogen and oxygen atoms in total. The number of carbonyl (C=O) groups excluding carboxylic acids is 1. The van der Waals surface area contributed by atoms with Crippen molar-refractivity contribution in [1.82, 2.24) is 15.5 Å². The van der Waals surface area contributed by atoms with Crippen LogP contribution >= 0.6 is 11.6 Å². The normalized spacial score (nSPS) is 12.0. The molecule has 2 heterocycles. The van der Waals surface area contributed by atoms with E-state index in [1.165, 1.54) is 6.07 Å². The van der Waals surface area contributed by atoms with Crippen LogP contribution in [-0.2, 0) is 6.54 Å². The number of hydrogen-bond acceptors (Lipinski definition) is 5. The number of aromatic amines is 1. The molecule has 0 saturated heterocycles. The first-order valence-corrected chi connectivity index (χ1v) is 8.50. The molecule has 3 aromatic rings. The van der Waals surface area contributed by atoms with Gasteiger partial charge in [0.15, 0.2) is 11.5 Å². The van der Waals surface area contributed by atoms with Gasteiger partial charge in [-0.3, -0.25) is 9.59 Å². The SMILES string of the molecule is O=C(NCc1ccc(Cl)cc1)c1cc(-c2ccc3c(c2)OCO3)n[nH]c1=O. The van der Waals surface area contributed by atoms with Crippen molar-refractivity contribution in [3.05, 3.63) is 75.0 Å². The molecule has 0 saturated carbocycles. The molecule has 1 amide bonds. The average molecular weight is 384 g/mol. The molecule has 0 spiro atoms. The highest BCUT2D eigenvalue weighted by molar-refractivity contribution is 6.30. The number of hydrogen-bond donors (Lipinski definition) is 2. The van der Waals surface area contributed by atoms with E-state index < -0.39 is 11.5 Å². The van der Waals surface area contributed by atoms with Crippen molar-refractivity contribution in [1.29, 1.82) is 0 Å². The molecule has 27 heavy (non-hydrogen) atoms. The van der Waals surface area contributed by atoms with E-state index in [0.29, 0.717) is 27.8 Å². The Balaban J connectivity index is 1.56. The summed E-state index contributed by atoms with van der Waals surface area (Å²) >= 11 is 5.85. The minimum atomic E-state index is -0.562. The van der Waals surface area contributed by atoms with Crippen molar-refractivity contribution in [3.8, 4) is 22.8 Å². The number of halogens is 1. The molecule has 0 unspecified atom stereocenters. The molecule has 0 atom stereocenters. The van der Waals surface area contributed by atoms with Crippen LogP contribution in [0.15, 0.2) is 53.3 Å². The minimum Gasteiger partial charge on any atom is -0.454 e.